The summed E-state index contributed by atoms with van der Waals surface area (Å²) in [6.07, 6.45) is 14.9. The zero-order valence-electron chi connectivity index (χ0n) is 15.6. The number of nitrogens with one attached hydrogen (secondary N) is 1. The molecule has 1 atom stereocenters. The molecule has 2 rings (SSSR count). The summed E-state index contributed by atoms with van der Waals surface area (Å²) in [5, 5.41) is 3.42. The molecule has 0 unspecified atom stereocenters. The highest BCUT2D eigenvalue weighted by atomic mass is 16.5. The third kappa shape index (κ3) is 6.18. The summed E-state index contributed by atoms with van der Waals surface area (Å²) in [4.78, 5) is 13.3. The van der Waals surface area contributed by atoms with Crippen LogP contribution in [0.3, 0.4) is 0 Å². The van der Waals surface area contributed by atoms with E-state index in [4.69, 9.17) is 4.74 Å². The maximum Gasteiger partial charge on any atom is 0.180 e. The van der Waals surface area contributed by atoms with Crippen molar-refractivity contribution in [3.05, 3.63) is 48.1 Å². The molecule has 0 saturated heterocycles. The van der Waals surface area contributed by atoms with E-state index >= 15 is 0 Å². The van der Waals surface area contributed by atoms with Gasteiger partial charge in [0.2, 0.25) is 0 Å². The van der Waals surface area contributed by atoms with Gasteiger partial charge in [-0.15, -0.1) is 0 Å². The molecule has 1 aliphatic rings. The summed E-state index contributed by atoms with van der Waals surface area (Å²) in [5.74, 6) is 2.15. The number of aromatic nitrogens is 2. The van der Waals surface area contributed by atoms with Gasteiger partial charge >= 0.3 is 0 Å². The topological polar surface area (TPSA) is 59.4 Å². The Kier molecular flexibility index (Phi) is 7.38. The van der Waals surface area contributed by atoms with E-state index in [2.05, 4.69) is 40.2 Å². The molecule has 0 aromatic carbocycles. The molecule has 1 aliphatic heterocycles. The van der Waals surface area contributed by atoms with Crippen molar-refractivity contribution < 1.29 is 4.74 Å². The minimum Gasteiger partial charge on any atom is -0.482 e. The van der Waals surface area contributed by atoms with Crippen LogP contribution in [0.4, 0.5) is 5.82 Å². The lowest BCUT2D eigenvalue weighted by Gasteiger charge is -2.17. The zero-order valence-corrected chi connectivity index (χ0v) is 15.6. The van der Waals surface area contributed by atoms with E-state index < -0.39 is 0 Å². The molecule has 1 aromatic rings. The monoisotopic (exact) mass is 340 g/mol. The van der Waals surface area contributed by atoms with Crippen LogP contribution in [0.1, 0.15) is 45.9 Å². The van der Waals surface area contributed by atoms with E-state index in [-0.39, 0.29) is 0 Å². The van der Waals surface area contributed by atoms with Crippen LogP contribution in [0.15, 0.2) is 47.3 Å². The third-order valence-electron chi connectivity index (χ3n) is 3.78. The molecule has 0 aliphatic carbocycles. The number of nitrogens with zero attached hydrogens (tertiary/aromatic N) is 3. The number of anilines is 1. The Morgan fingerprint density at radius 1 is 1.36 bits per heavy atom. The van der Waals surface area contributed by atoms with Crippen LogP contribution in [0.2, 0.25) is 0 Å². The molecule has 1 N–H and O–H groups in total. The second-order valence-corrected chi connectivity index (χ2v) is 6.14. The molecule has 1 aromatic heterocycles. The molecule has 0 spiro atoms. The Labute approximate surface area is 150 Å². The number of aliphatic imine (C=N–C) groups is 1. The molecule has 0 bridgehead atoms. The maximum absolute atomic E-state index is 5.93. The second kappa shape index (κ2) is 9.77. The Balaban J connectivity index is 1.99. The molecular weight excluding hydrogens is 312 g/mol. The minimum atomic E-state index is 0.341. The predicted octanol–water partition coefficient (Wildman–Crippen LogP) is 4.63. The molecular formula is C20H28N4O. The SMILES string of the molecule is C/C=C\C=C/C1=NC(COc2cnc(C)nc2N[C@@H](C)CCC)=CC1. The summed E-state index contributed by atoms with van der Waals surface area (Å²) < 4.78 is 5.93. The van der Waals surface area contributed by atoms with Crippen LogP contribution in [0.5, 0.6) is 5.75 Å². The lowest BCUT2D eigenvalue weighted by molar-refractivity contribution is 0.349. The molecule has 134 valence electrons. The Morgan fingerprint density at radius 3 is 2.96 bits per heavy atom. The first-order chi connectivity index (χ1) is 12.1. The lowest BCUT2D eigenvalue weighted by Crippen LogP contribution is -2.17. The van der Waals surface area contributed by atoms with Gasteiger partial charge in [0.15, 0.2) is 11.6 Å². The van der Waals surface area contributed by atoms with Crippen molar-refractivity contribution in [2.24, 2.45) is 4.99 Å². The number of ether oxygens (including phenoxy) is 1. The fourth-order valence-corrected chi connectivity index (χ4v) is 2.53. The fourth-order valence-electron chi connectivity index (χ4n) is 2.53. The Bertz CT molecular complexity index is 689. The summed E-state index contributed by atoms with van der Waals surface area (Å²) in [6.45, 7) is 8.62. The molecule has 5 heteroatoms. The highest BCUT2D eigenvalue weighted by Gasteiger charge is 2.12. The van der Waals surface area contributed by atoms with E-state index in [0.717, 1.165) is 42.3 Å². The Morgan fingerprint density at radius 2 is 2.20 bits per heavy atom. The van der Waals surface area contributed by atoms with Crippen LogP contribution in [-0.2, 0) is 0 Å². The van der Waals surface area contributed by atoms with Gasteiger partial charge in [-0.3, -0.25) is 4.99 Å². The zero-order chi connectivity index (χ0) is 18.1. The van der Waals surface area contributed by atoms with Gasteiger partial charge in [-0.2, -0.15) is 0 Å². The standard InChI is InChI=1S/C20H28N4O/c1-5-7-8-10-17-11-12-18(24-17)14-25-19-13-21-16(4)23-20(19)22-15(3)9-6-2/h5,7-8,10,12-13,15H,6,9,11,14H2,1-4H3,(H,21,22,23)/b7-5-,10-8-/t15-/m0/s1. The summed E-state index contributed by atoms with van der Waals surface area (Å²) in [6, 6.07) is 0.341. The molecule has 0 radical (unpaired) electrons. The number of rotatable bonds is 9. The quantitative estimate of drug-likeness (QED) is 0.666. The summed E-state index contributed by atoms with van der Waals surface area (Å²) in [5.41, 5.74) is 1.99. The molecule has 5 nitrogen and oxygen atoms in total. The maximum atomic E-state index is 5.93. The van der Waals surface area contributed by atoms with E-state index in [9.17, 15) is 0 Å². The second-order valence-electron chi connectivity index (χ2n) is 6.14. The van der Waals surface area contributed by atoms with Crippen LogP contribution < -0.4 is 10.1 Å². The summed E-state index contributed by atoms with van der Waals surface area (Å²) in [7, 11) is 0. The third-order valence-corrected chi connectivity index (χ3v) is 3.78. The van der Waals surface area contributed by atoms with Gasteiger partial charge in [0.1, 0.15) is 12.4 Å². The van der Waals surface area contributed by atoms with Crippen LogP contribution in [0, 0.1) is 6.92 Å². The normalized spacial score (nSPS) is 15.5. The van der Waals surface area contributed by atoms with Crippen LogP contribution >= 0.6 is 0 Å². The van der Waals surface area contributed by atoms with Gasteiger partial charge in [0.25, 0.3) is 0 Å². The van der Waals surface area contributed by atoms with Crippen LogP contribution in [-0.4, -0.2) is 28.3 Å². The largest absolute Gasteiger partial charge is 0.482 e. The number of hydrogen-bond acceptors (Lipinski definition) is 5. The van der Waals surface area contributed by atoms with Crippen molar-refractivity contribution in [1.82, 2.24) is 9.97 Å². The highest BCUT2D eigenvalue weighted by molar-refractivity contribution is 5.98. The lowest BCUT2D eigenvalue weighted by atomic mass is 10.2. The van der Waals surface area contributed by atoms with Crippen molar-refractivity contribution in [3.8, 4) is 5.75 Å². The molecule has 2 heterocycles. The molecule has 25 heavy (non-hydrogen) atoms. The van der Waals surface area contributed by atoms with Gasteiger partial charge in [-0.1, -0.05) is 37.6 Å². The van der Waals surface area contributed by atoms with Crippen molar-refractivity contribution in [3.63, 3.8) is 0 Å². The first-order valence-electron chi connectivity index (χ1n) is 8.91. The molecule has 0 amide bonds. The van der Waals surface area contributed by atoms with Gasteiger partial charge < -0.3 is 10.1 Å². The van der Waals surface area contributed by atoms with Crippen molar-refractivity contribution in [2.75, 3.05) is 11.9 Å². The number of aryl methyl sites for hydroxylation is 1. The van der Waals surface area contributed by atoms with Crippen molar-refractivity contribution in [2.45, 2.75) is 53.0 Å². The van der Waals surface area contributed by atoms with E-state index in [1.54, 1.807) is 6.20 Å². The van der Waals surface area contributed by atoms with Crippen molar-refractivity contribution in [1.29, 1.82) is 0 Å². The van der Waals surface area contributed by atoms with Gasteiger partial charge in [0.05, 0.1) is 11.9 Å². The molecule has 0 fully saturated rings. The molecule has 0 saturated carbocycles. The van der Waals surface area contributed by atoms with Gasteiger partial charge in [-0.25, -0.2) is 9.97 Å². The first-order valence-corrected chi connectivity index (χ1v) is 8.91. The Hall–Kier alpha value is -2.43. The van der Waals surface area contributed by atoms with E-state index in [0.29, 0.717) is 18.4 Å². The van der Waals surface area contributed by atoms with Crippen LogP contribution in [0.25, 0.3) is 0 Å². The highest BCUT2D eigenvalue weighted by Crippen LogP contribution is 2.24. The number of hydrogen-bond donors (Lipinski definition) is 1. The summed E-state index contributed by atoms with van der Waals surface area (Å²) >= 11 is 0. The van der Waals surface area contributed by atoms with E-state index in [1.807, 2.05) is 38.2 Å². The average molecular weight is 340 g/mol. The minimum absolute atomic E-state index is 0.341. The van der Waals surface area contributed by atoms with E-state index in [1.165, 1.54) is 0 Å². The first kappa shape index (κ1) is 18.9. The van der Waals surface area contributed by atoms with Crippen molar-refractivity contribution >= 4 is 11.5 Å². The average Bonchev–Trinajstić information content (AvgIpc) is 3.02. The van der Waals surface area contributed by atoms with Gasteiger partial charge in [0, 0.05) is 18.2 Å². The predicted molar refractivity (Wildman–Crippen MR) is 104 cm³/mol. The van der Waals surface area contributed by atoms with Gasteiger partial charge in [-0.05, 0) is 33.3 Å². The fraction of sp³-hybridized carbons (Fsp3) is 0.450. The number of allylic oxidation sites excluding steroid dienone is 5. The smallest absolute Gasteiger partial charge is 0.180 e.